The Kier molecular flexibility index (Phi) is 5.02. The van der Waals surface area contributed by atoms with E-state index in [1.54, 1.807) is 0 Å². The molecule has 0 aromatic heterocycles. The van der Waals surface area contributed by atoms with Crippen molar-refractivity contribution in [1.82, 2.24) is 10.6 Å². The van der Waals surface area contributed by atoms with Crippen LogP contribution in [0.15, 0.2) is 72.8 Å². The van der Waals surface area contributed by atoms with E-state index in [1.165, 1.54) is 16.3 Å². The molecule has 0 atom stereocenters. The molecular weight excluding hydrogens is 284 g/mol. The van der Waals surface area contributed by atoms with E-state index in [4.69, 9.17) is 0 Å². The summed E-state index contributed by atoms with van der Waals surface area (Å²) in [5.74, 6) is 0.00893. The summed E-state index contributed by atoms with van der Waals surface area (Å²) < 4.78 is 0. The third-order valence-electron chi connectivity index (χ3n) is 3.76. The minimum Gasteiger partial charge on any atom is -0.351 e. The van der Waals surface area contributed by atoms with Gasteiger partial charge in [-0.05, 0) is 28.0 Å². The van der Waals surface area contributed by atoms with Crippen LogP contribution in [-0.4, -0.2) is 12.5 Å². The normalized spacial score (nSPS) is 10.6. The first kappa shape index (κ1) is 15.3. The van der Waals surface area contributed by atoms with Gasteiger partial charge in [0.15, 0.2) is 0 Å². The summed E-state index contributed by atoms with van der Waals surface area (Å²) in [6.45, 7) is 1.57. The van der Waals surface area contributed by atoms with Crippen LogP contribution in [0.2, 0.25) is 0 Å². The molecule has 0 radical (unpaired) electrons. The molecule has 3 rings (SSSR count). The van der Waals surface area contributed by atoms with Crippen molar-refractivity contribution in [3.8, 4) is 0 Å². The number of hydrogen-bond acceptors (Lipinski definition) is 2. The quantitative estimate of drug-likeness (QED) is 0.734. The van der Waals surface area contributed by atoms with Gasteiger partial charge in [0.05, 0.1) is 6.54 Å². The molecule has 0 spiro atoms. The number of nitrogens with one attached hydrogen (secondary N) is 2. The lowest BCUT2D eigenvalue weighted by Crippen LogP contribution is -2.33. The van der Waals surface area contributed by atoms with E-state index in [0.29, 0.717) is 19.6 Å². The van der Waals surface area contributed by atoms with Gasteiger partial charge in [0.25, 0.3) is 0 Å². The maximum atomic E-state index is 11.8. The second kappa shape index (κ2) is 7.56. The van der Waals surface area contributed by atoms with Crippen LogP contribution in [0.3, 0.4) is 0 Å². The first-order valence-electron chi connectivity index (χ1n) is 7.80. The summed E-state index contributed by atoms with van der Waals surface area (Å²) >= 11 is 0. The van der Waals surface area contributed by atoms with E-state index in [9.17, 15) is 4.79 Å². The molecule has 3 nitrogen and oxygen atoms in total. The summed E-state index contributed by atoms with van der Waals surface area (Å²) in [6.07, 6.45) is 0. The Balaban J connectivity index is 1.45. The van der Waals surface area contributed by atoms with Gasteiger partial charge in [-0.1, -0.05) is 66.7 Å². The Morgan fingerprint density at radius 3 is 2.30 bits per heavy atom. The molecule has 0 aliphatic rings. The number of fused-ring (bicyclic) bond motifs is 1. The predicted octanol–water partition coefficient (Wildman–Crippen LogP) is 3.25. The summed E-state index contributed by atoms with van der Waals surface area (Å²) in [7, 11) is 0. The summed E-state index contributed by atoms with van der Waals surface area (Å²) in [5, 5.41) is 8.56. The third kappa shape index (κ3) is 4.41. The highest BCUT2D eigenvalue weighted by molar-refractivity contribution is 5.83. The van der Waals surface area contributed by atoms with Crippen molar-refractivity contribution < 1.29 is 4.79 Å². The topological polar surface area (TPSA) is 41.1 Å². The number of benzene rings is 3. The van der Waals surface area contributed by atoms with Crippen molar-refractivity contribution in [3.05, 3.63) is 83.9 Å². The van der Waals surface area contributed by atoms with E-state index in [2.05, 4.69) is 41.0 Å². The van der Waals surface area contributed by atoms with E-state index >= 15 is 0 Å². The first-order valence-corrected chi connectivity index (χ1v) is 7.80. The molecule has 0 saturated heterocycles. The van der Waals surface area contributed by atoms with E-state index in [-0.39, 0.29) is 5.91 Å². The molecule has 0 unspecified atom stereocenters. The van der Waals surface area contributed by atoms with Crippen molar-refractivity contribution in [2.45, 2.75) is 13.1 Å². The smallest absolute Gasteiger partial charge is 0.234 e. The van der Waals surface area contributed by atoms with Gasteiger partial charge in [-0.15, -0.1) is 0 Å². The maximum absolute atomic E-state index is 11.8. The van der Waals surface area contributed by atoms with Gasteiger partial charge in [-0.3, -0.25) is 4.79 Å². The number of hydrogen-bond donors (Lipinski definition) is 2. The number of amides is 1. The summed E-state index contributed by atoms with van der Waals surface area (Å²) in [5.41, 5.74) is 2.29. The third-order valence-corrected chi connectivity index (χ3v) is 3.76. The highest BCUT2D eigenvalue weighted by Gasteiger charge is 2.01. The lowest BCUT2D eigenvalue weighted by atomic mass is 10.1. The van der Waals surface area contributed by atoms with Crippen LogP contribution in [0.25, 0.3) is 10.8 Å². The van der Waals surface area contributed by atoms with Crippen molar-refractivity contribution in [3.63, 3.8) is 0 Å². The minimum atomic E-state index is 0.00893. The second-order valence-corrected chi connectivity index (χ2v) is 5.55. The van der Waals surface area contributed by atoms with Crippen LogP contribution in [0.4, 0.5) is 0 Å². The Labute approximate surface area is 136 Å². The number of rotatable bonds is 6. The fourth-order valence-corrected chi connectivity index (χ4v) is 2.53. The summed E-state index contributed by atoms with van der Waals surface area (Å²) in [4.78, 5) is 11.8. The molecule has 0 heterocycles. The molecule has 116 valence electrons. The fourth-order valence-electron chi connectivity index (χ4n) is 2.53. The monoisotopic (exact) mass is 304 g/mol. The Bertz CT molecular complexity index is 784. The van der Waals surface area contributed by atoms with Crippen LogP contribution in [0.5, 0.6) is 0 Å². The molecule has 23 heavy (non-hydrogen) atoms. The zero-order valence-electron chi connectivity index (χ0n) is 13.0. The van der Waals surface area contributed by atoms with Crippen molar-refractivity contribution >= 4 is 16.7 Å². The molecule has 0 aliphatic carbocycles. The van der Waals surface area contributed by atoms with Crippen LogP contribution >= 0.6 is 0 Å². The highest BCUT2D eigenvalue weighted by Crippen LogP contribution is 2.15. The molecule has 3 heteroatoms. The minimum absolute atomic E-state index is 0.00893. The molecule has 3 aromatic rings. The maximum Gasteiger partial charge on any atom is 0.234 e. The van der Waals surface area contributed by atoms with Crippen LogP contribution < -0.4 is 10.6 Å². The zero-order valence-corrected chi connectivity index (χ0v) is 13.0. The molecule has 2 N–H and O–H groups in total. The second-order valence-electron chi connectivity index (χ2n) is 5.55. The highest BCUT2D eigenvalue weighted by atomic mass is 16.1. The van der Waals surface area contributed by atoms with Crippen molar-refractivity contribution in [2.24, 2.45) is 0 Å². The zero-order chi connectivity index (χ0) is 15.9. The first-order chi connectivity index (χ1) is 11.3. The van der Waals surface area contributed by atoms with Gasteiger partial charge in [0.1, 0.15) is 0 Å². The fraction of sp³-hybridized carbons (Fsp3) is 0.150. The van der Waals surface area contributed by atoms with Crippen LogP contribution in [0.1, 0.15) is 11.1 Å². The average Bonchev–Trinajstić information content (AvgIpc) is 2.61. The van der Waals surface area contributed by atoms with Gasteiger partial charge < -0.3 is 10.6 Å². The molecule has 0 bridgehead atoms. The number of carbonyl (C=O) groups is 1. The summed E-state index contributed by atoms with van der Waals surface area (Å²) in [6, 6.07) is 24.6. The Morgan fingerprint density at radius 1 is 0.739 bits per heavy atom. The molecule has 0 fully saturated rings. The van der Waals surface area contributed by atoms with E-state index in [0.717, 1.165) is 5.56 Å². The van der Waals surface area contributed by atoms with Gasteiger partial charge in [-0.25, -0.2) is 0 Å². The van der Waals surface area contributed by atoms with Gasteiger partial charge in [0.2, 0.25) is 5.91 Å². The molecular formula is C20H20N2O. The molecule has 0 aliphatic heterocycles. The predicted molar refractivity (Wildman–Crippen MR) is 93.9 cm³/mol. The Hall–Kier alpha value is -2.65. The van der Waals surface area contributed by atoms with Gasteiger partial charge >= 0.3 is 0 Å². The van der Waals surface area contributed by atoms with Crippen molar-refractivity contribution in [1.29, 1.82) is 0 Å². The molecule has 3 aromatic carbocycles. The van der Waals surface area contributed by atoms with Crippen LogP contribution in [-0.2, 0) is 17.9 Å². The lowest BCUT2D eigenvalue weighted by Gasteiger charge is -2.08. The van der Waals surface area contributed by atoms with Crippen molar-refractivity contribution in [2.75, 3.05) is 6.54 Å². The van der Waals surface area contributed by atoms with E-state index in [1.807, 2.05) is 42.5 Å². The molecule has 0 saturated carbocycles. The van der Waals surface area contributed by atoms with Crippen LogP contribution in [0, 0.1) is 0 Å². The largest absolute Gasteiger partial charge is 0.351 e. The molecule has 1 amide bonds. The lowest BCUT2D eigenvalue weighted by molar-refractivity contribution is -0.120. The van der Waals surface area contributed by atoms with Gasteiger partial charge in [0, 0.05) is 13.1 Å². The standard InChI is InChI=1S/C20H20N2O/c23-20(22-14-16-6-2-1-3-7-16)15-21-13-17-10-11-18-8-4-5-9-19(18)12-17/h1-12,21H,13-15H2,(H,22,23). The van der Waals surface area contributed by atoms with E-state index < -0.39 is 0 Å². The average molecular weight is 304 g/mol. The SMILES string of the molecule is O=C(CNCc1ccc2ccccc2c1)NCc1ccccc1. The van der Waals surface area contributed by atoms with Gasteiger partial charge in [-0.2, -0.15) is 0 Å². The number of carbonyl (C=O) groups excluding carboxylic acids is 1. The Morgan fingerprint density at radius 2 is 1.48 bits per heavy atom.